The van der Waals surface area contributed by atoms with Crippen LogP contribution in [0.3, 0.4) is 0 Å². The van der Waals surface area contributed by atoms with Crippen molar-refractivity contribution in [3.8, 4) is 11.5 Å². The SMILES string of the molecule is COc1ccc(OC)c(S(=O)(=O)N2CCN[C@H](C)C2)c1. The average molecular weight is 300 g/mol. The number of nitrogens with zero attached hydrogens (tertiary/aromatic N) is 1. The largest absolute Gasteiger partial charge is 0.497 e. The lowest BCUT2D eigenvalue weighted by atomic mass is 10.3. The number of hydrogen-bond donors (Lipinski definition) is 1. The van der Waals surface area contributed by atoms with Crippen LogP contribution in [0.2, 0.25) is 0 Å². The molecule has 1 aromatic carbocycles. The fourth-order valence-corrected chi connectivity index (χ4v) is 3.94. The van der Waals surface area contributed by atoms with E-state index in [9.17, 15) is 8.42 Å². The summed E-state index contributed by atoms with van der Waals surface area (Å²) in [5, 5.41) is 3.22. The van der Waals surface area contributed by atoms with E-state index in [1.807, 2.05) is 6.92 Å². The van der Waals surface area contributed by atoms with Crippen molar-refractivity contribution in [1.29, 1.82) is 0 Å². The molecule has 7 heteroatoms. The van der Waals surface area contributed by atoms with Crippen LogP contribution in [0.4, 0.5) is 0 Å². The van der Waals surface area contributed by atoms with E-state index in [1.54, 1.807) is 12.1 Å². The Morgan fingerprint density at radius 3 is 2.65 bits per heavy atom. The molecule has 112 valence electrons. The molecule has 1 fully saturated rings. The van der Waals surface area contributed by atoms with Crippen molar-refractivity contribution >= 4 is 10.0 Å². The normalized spacial score (nSPS) is 20.6. The van der Waals surface area contributed by atoms with Crippen LogP contribution in [0, 0.1) is 0 Å². The number of sulfonamides is 1. The minimum Gasteiger partial charge on any atom is -0.497 e. The first-order valence-corrected chi connectivity index (χ1v) is 7.88. The second-order valence-corrected chi connectivity index (χ2v) is 6.64. The fraction of sp³-hybridized carbons (Fsp3) is 0.538. The summed E-state index contributed by atoms with van der Waals surface area (Å²) in [7, 11) is -0.617. The molecule has 6 nitrogen and oxygen atoms in total. The molecule has 1 aromatic rings. The van der Waals surface area contributed by atoms with Gasteiger partial charge in [0.2, 0.25) is 10.0 Å². The molecule has 0 bridgehead atoms. The van der Waals surface area contributed by atoms with Crippen molar-refractivity contribution < 1.29 is 17.9 Å². The second kappa shape index (κ2) is 5.99. The number of rotatable bonds is 4. The Hall–Kier alpha value is -1.31. The number of methoxy groups -OCH3 is 2. The molecule has 0 aromatic heterocycles. The second-order valence-electron chi connectivity index (χ2n) is 4.74. The van der Waals surface area contributed by atoms with E-state index < -0.39 is 10.0 Å². The fourth-order valence-electron chi connectivity index (χ4n) is 2.24. The Morgan fingerprint density at radius 1 is 1.30 bits per heavy atom. The van der Waals surface area contributed by atoms with E-state index in [1.165, 1.54) is 24.6 Å². The third kappa shape index (κ3) is 2.89. The first-order chi connectivity index (χ1) is 9.48. The Morgan fingerprint density at radius 2 is 2.05 bits per heavy atom. The van der Waals surface area contributed by atoms with E-state index in [0.717, 1.165) is 0 Å². The van der Waals surface area contributed by atoms with Crippen LogP contribution in [0.25, 0.3) is 0 Å². The van der Waals surface area contributed by atoms with Crippen molar-refractivity contribution in [2.24, 2.45) is 0 Å². The van der Waals surface area contributed by atoms with Gasteiger partial charge in [-0.15, -0.1) is 0 Å². The topological polar surface area (TPSA) is 67.9 Å². The monoisotopic (exact) mass is 300 g/mol. The summed E-state index contributed by atoms with van der Waals surface area (Å²) in [6, 6.07) is 4.92. The lowest BCUT2D eigenvalue weighted by Gasteiger charge is -2.31. The van der Waals surface area contributed by atoms with E-state index in [0.29, 0.717) is 31.1 Å². The lowest BCUT2D eigenvalue weighted by Crippen LogP contribution is -2.51. The summed E-state index contributed by atoms with van der Waals surface area (Å²) in [6.07, 6.45) is 0. The molecule has 1 aliphatic heterocycles. The van der Waals surface area contributed by atoms with E-state index >= 15 is 0 Å². The molecule has 1 atom stereocenters. The predicted molar refractivity (Wildman–Crippen MR) is 75.8 cm³/mol. The molecule has 0 radical (unpaired) electrons. The minimum absolute atomic E-state index is 0.134. The molecule has 0 unspecified atom stereocenters. The first kappa shape index (κ1) is 15.1. The minimum atomic E-state index is -3.58. The van der Waals surface area contributed by atoms with Crippen LogP contribution in [0.1, 0.15) is 6.92 Å². The van der Waals surface area contributed by atoms with E-state index in [4.69, 9.17) is 9.47 Å². The van der Waals surface area contributed by atoms with Gasteiger partial charge in [-0.3, -0.25) is 0 Å². The van der Waals surface area contributed by atoms with Crippen molar-refractivity contribution in [3.63, 3.8) is 0 Å². The van der Waals surface area contributed by atoms with Gasteiger partial charge in [-0.05, 0) is 19.1 Å². The Balaban J connectivity index is 2.42. The highest BCUT2D eigenvalue weighted by Crippen LogP contribution is 2.30. The van der Waals surface area contributed by atoms with Crippen LogP contribution in [0.5, 0.6) is 11.5 Å². The van der Waals surface area contributed by atoms with Gasteiger partial charge in [-0.2, -0.15) is 4.31 Å². The number of piperazine rings is 1. The predicted octanol–water partition coefficient (Wildman–Crippen LogP) is 0.686. The van der Waals surface area contributed by atoms with Crippen molar-refractivity contribution in [1.82, 2.24) is 9.62 Å². The summed E-state index contributed by atoms with van der Waals surface area (Å²) < 4.78 is 37.2. The summed E-state index contributed by atoms with van der Waals surface area (Å²) in [4.78, 5) is 0.147. The molecule has 1 N–H and O–H groups in total. The van der Waals surface area contributed by atoms with Crippen molar-refractivity contribution in [2.75, 3.05) is 33.9 Å². The molecule has 0 saturated carbocycles. The Labute approximate surface area is 119 Å². The highest BCUT2D eigenvalue weighted by atomic mass is 32.2. The summed E-state index contributed by atoms with van der Waals surface area (Å²) >= 11 is 0. The van der Waals surface area contributed by atoms with Crippen LogP contribution in [-0.2, 0) is 10.0 Å². The van der Waals surface area contributed by atoms with Gasteiger partial charge in [-0.25, -0.2) is 8.42 Å². The summed E-state index contributed by atoms with van der Waals surface area (Å²) in [5.74, 6) is 0.824. The standard InChI is InChI=1S/C13H20N2O4S/c1-10-9-15(7-6-14-10)20(16,17)13-8-11(18-2)4-5-12(13)19-3/h4-5,8,10,14H,6-7,9H2,1-3H3/t10-/m1/s1. The Bertz CT molecular complexity index is 574. The molecule has 1 heterocycles. The van der Waals surface area contributed by atoms with Crippen LogP contribution < -0.4 is 14.8 Å². The van der Waals surface area contributed by atoms with Gasteiger partial charge in [0, 0.05) is 31.7 Å². The van der Waals surface area contributed by atoms with Gasteiger partial charge in [0.05, 0.1) is 14.2 Å². The third-order valence-electron chi connectivity index (χ3n) is 3.32. The lowest BCUT2D eigenvalue weighted by molar-refractivity contribution is 0.308. The maximum absolute atomic E-state index is 12.7. The molecule has 0 amide bonds. The molecular formula is C13H20N2O4S. The molecule has 1 aliphatic rings. The number of benzene rings is 1. The van der Waals surface area contributed by atoms with Gasteiger partial charge in [0.25, 0.3) is 0 Å². The average Bonchev–Trinajstić information content (AvgIpc) is 2.46. The van der Waals surface area contributed by atoms with Gasteiger partial charge < -0.3 is 14.8 Å². The molecule has 2 rings (SSSR count). The zero-order valence-corrected chi connectivity index (χ0v) is 12.7. The summed E-state index contributed by atoms with van der Waals surface area (Å²) in [5.41, 5.74) is 0. The summed E-state index contributed by atoms with van der Waals surface area (Å²) in [6.45, 7) is 3.51. The Kier molecular flexibility index (Phi) is 4.52. The van der Waals surface area contributed by atoms with Gasteiger partial charge in [0.15, 0.2) is 0 Å². The van der Waals surface area contributed by atoms with Gasteiger partial charge >= 0.3 is 0 Å². The zero-order chi connectivity index (χ0) is 14.8. The van der Waals surface area contributed by atoms with Crippen molar-refractivity contribution in [3.05, 3.63) is 18.2 Å². The van der Waals surface area contributed by atoms with Gasteiger partial charge in [-0.1, -0.05) is 0 Å². The maximum Gasteiger partial charge on any atom is 0.246 e. The van der Waals surface area contributed by atoms with Crippen LogP contribution in [0.15, 0.2) is 23.1 Å². The molecule has 0 aliphatic carbocycles. The smallest absolute Gasteiger partial charge is 0.246 e. The quantitative estimate of drug-likeness (QED) is 0.886. The molecular weight excluding hydrogens is 280 g/mol. The highest BCUT2D eigenvalue weighted by molar-refractivity contribution is 7.89. The van der Waals surface area contributed by atoms with Crippen LogP contribution >= 0.6 is 0 Å². The highest BCUT2D eigenvalue weighted by Gasteiger charge is 2.31. The number of ether oxygens (including phenoxy) is 2. The third-order valence-corrected chi connectivity index (χ3v) is 5.21. The van der Waals surface area contributed by atoms with Gasteiger partial charge in [0.1, 0.15) is 16.4 Å². The van der Waals surface area contributed by atoms with Crippen LogP contribution in [-0.4, -0.2) is 52.6 Å². The number of hydrogen-bond acceptors (Lipinski definition) is 5. The maximum atomic E-state index is 12.7. The number of nitrogens with one attached hydrogen (secondary N) is 1. The van der Waals surface area contributed by atoms with E-state index in [2.05, 4.69) is 5.32 Å². The molecule has 0 spiro atoms. The zero-order valence-electron chi connectivity index (χ0n) is 11.9. The first-order valence-electron chi connectivity index (χ1n) is 6.44. The molecule has 1 saturated heterocycles. The molecule has 20 heavy (non-hydrogen) atoms. The van der Waals surface area contributed by atoms with E-state index in [-0.39, 0.29) is 10.9 Å². The van der Waals surface area contributed by atoms with Crippen molar-refractivity contribution in [2.45, 2.75) is 17.9 Å².